The molecule has 1 aromatic heterocycles. The van der Waals surface area contributed by atoms with Gasteiger partial charge in [0.2, 0.25) is 0 Å². The molecule has 0 bridgehead atoms. The second-order valence-corrected chi connectivity index (χ2v) is 5.31. The average molecular weight is 280 g/mol. The lowest BCUT2D eigenvalue weighted by molar-refractivity contribution is 0.0951. The summed E-state index contributed by atoms with van der Waals surface area (Å²) in [6.45, 7) is 2.62. The van der Waals surface area contributed by atoms with Gasteiger partial charge in [0.1, 0.15) is 0 Å². The minimum Gasteiger partial charge on any atom is -0.347 e. The van der Waals surface area contributed by atoms with Gasteiger partial charge in [0, 0.05) is 16.3 Å². The zero-order valence-electron chi connectivity index (χ0n) is 10.1. The van der Waals surface area contributed by atoms with Crippen molar-refractivity contribution in [3.8, 4) is 0 Å². The molecule has 1 heterocycles. The summed E-state index contributed by atoms with van der Waals surface area (Å²) in [6, 6.07) is 9.44. The maximum absolute atomic E-state index is 12.0. The zero-order chi connectivity index (χ0) is 13.0. The summed E-state index contributed by atoms with van der Waals surface area (Å²) in [4.78, 5) is 13.2. The highest BCUT2D eigenvalue weighted by molar-refractivity contribution is 7.10. The van der Waals surface area contributed by atoms with Crippen LogP contribution < -0.4 is 5.32 Å². The smallest absolute Gasteiger partial charge is 0.251 e. The number of rotatable bonds is 4. The Morgan fingerprint density at radius 2 is 2.22 bits per heavy atom. The van der Waals surface area contributed by atoms with Crippen molar-refractivity contribution < 1.29 is 4.79 Å². The molecule has 0 aliphatic heterocycles. The lowest BCUT2D eigenvalue weighted by Gasteiger charge is -2.05. The van der Waals surface area contributed by atoms with Crippen LogP contribution in [0, 0.1) is 6.92 Å². The van der Waals surface area contributed by atoms with E-state index in [1.807, 2.05) is 30.5 Å². The number of carbonyl (C=O) groups excluding carboxylic acids is 1. The van der Waals surface area contributed by atoms with Gasteiger partial charge in [0.25, 0.3) is 5.91 Å². The van der Waals surface area contributed by atoms with E-state index in [-0.39, 0.29) is 5.91 Å². The highest BCUT2D eigenvalue weighted by Gasteiger charge is 2.07. The number of alkyl halides is 1. The first-order valence-corrected chi connectivity index (χ1v) is 7.08. The Bertz CT molecular complexity index is 550. The molecule has 0 saturated heterocycles. The van der Waals surface area contributed by atoms with Crippen molar-refractivity contribution >= 4 is 28.8 Å². The van der Waals surface area contributed by atoms with Gasteiger partial charge in [-0.1, -0.05) is 12.1 Å². The molecule has 2 nitrogen and oxygen atoms in total. The van der Waals surface area contributed by atoms with Crippen molar-refractivity contribution in [2.45, 2.75) is 19.3 Å². The molecule has 1 N–H and O–H groups in total. The maximum Gasteiger partial charge on any atom is 0.251 e. The number of halogens is 1. The average Bonchev–Trinajstić information content (AvgIpc) is 2.81. The van der Waals surface area contributed by atoms with Crippen LogP contribution >= 0.6 is 22.9 Å². The van der Waals surface area contributed by atoms with Gasteiger partial charge in [-0.3, -0.25) is 4.79 Å². The SMILES string of the molecule is Cc1ccsc1CNC(=O)c1cccc(CCl)c1. The topological polar surface area (TPSA) is 29.1 Å². The fourth-order valence-electron chi connectivity index (χ4n) is 1.64. The monoisotopic (exact) mass is 279 g/mol. The number of thiophene rings is 1. The quantitative estimate of drug-likeness (QED) is 0.849. The third-order valence-corrected chi connectivity index (χ3v) is 4.05. The van der Waals surface area contributed by atoms with E-state index in [4.69, 9.17) is 11.6 Å². The molecule has 2 aromatic rings. The van der Waals surface area contributed by atoms with Crippen molar-refractivity contribution in [2.24, 2.45) is 0 Å². The van der Waals surface area contributed by atoms with Crippen molar-refractivity contribution in [1.29, 1.82) is 0 Å². The van der Waals surface area contributed by atoms with Gasteiger partial charge >= 0.3 is 0 Å². The van der Waals surface area contributed by atoms with Crippen LogP contribution in [0.15, 0.2) is 35.7 Å². The lowest BCUT2D eigenvalue weighted by Crippen LogP contribution is -2.22. The molecule has 0 aliphatic carbocycles. The number of hydrogen-bond donors (Lipinski definition) is 1. The van der Waals surface area contributed by atoms with Crippen molar-refractivity contribution in [1.82, 2.24) is 5.32 Å². The van der Waals surface area contributed by atoms with Gasteiger partial charge in [-0.15, -0.1) is 22.9 Å². The number of amides is 1. The molecule has 0 fully saturated rings. The van der Waals surface area contributed by atoms with Crippen LogP contribution in [-0.4, -0.2) is 5.91 Å². The summed E-state index contributed by atoms with van der Waals surface area (Å²) in [5.74, 6) is 0.361. The number of hydrogen-bond acceptors (Lipinski definition) is 2. The molecule has 1 aromatic carbocycles. The highest BCUT2D eigenvalue weighted by Crippen LogP contribution is 2.15. The summed E-state index contributed by atoms with van der Waals surface area (Å²) in [5, 5.41) is 4.95. The van der Waals surface area contributed by atoms with Crippen LogP contribution in [-0.2, 0) is 12.4 Å². The molecule has 0 unspecified atom stereocenters. The normalized spacial score (nSPS) is 10.3. The van der Waals surface area contributed by atoms with E-state index >= 15 is 0 Å². The molecule has 4 heteroatoms. The first-order chi connectivity index (χ1) is 8.70. The largest absolute Gasteiger partial charge is 0.347 e. The van der Waals surface area contributed by atoms with Gasteiger partial charge in [0.15, 0.2) is 0 Å². The van der Waals surface area contributed by atoms with Crippen LogP contribution in [0.1, 0.15) is 26.4 Å². The summed E-state index contributed by atoms with van der Waals surface area (Å²) < 4.78 is 0. The summed E-state index contributed by atoms with van der Waals surface area (Å²) >= 11 is 7.41. The molecule has 94 valence electrons. The van der Waals surface area contributed by atoms with E-state index in [2.05, 4.69) is 11.4 Å². The predicted octanol–water partition coefficient (Wildman–Crippen LogP) is 3.73. The van der Waals surface area contributed by atoms with Crippen LogP contribution in [0.5, 0.6) is 0 Å². The van der Waals surface area contributed by atoms with E-state index in [0.717, 1.165) is 5.56 Å². The second-order valence-electron chi connectivity index (χ2n) is 4.04. The minimum atomic E-state index is -0.0604. The number of carbonyl (C=O) groups is 1. The fraction of sp³-hybridized carbons (Fsp3) is 0.214. The maximum atomic E-state index is 12.0. The highest BCUT2D eigenvalue weighted by atomic mass is 35.5. The third kappa shape index (κ3) is 3.12. The standard InChI is InChI=1S/C14H14ClNOS/c1-10-5-6-18-13(10)9-16-14(17)12-4-2-3-11(7-12)8-15/h2-7H,8-9H2,1H3,(H,16,17). The molecule has 0 spiro atoms. The van der Waals surface area contributed by atoms with Crippen LogP contribution in [0.4, 0.5) is 0 Å². The van der Waals surface area contributed by atoms with E-state index in [1.165, 1.54) is 10.4 Å². The zero-order valence-corrected chi connectivity index (χ0v) is 11.6. The van der Waals surface area contributed by atoms with Gasteiger partial charge in [-0.25, -0.2) is 0 Å². The van der Waals surface area contributed by atoms with Gasteiger partial charge in [0.05, 0.1) is 6.54 Å². The van der Waals surface area contributed by atoms with E-state index in [0.29, 0.717) is 18.0 Å². The van der Waals surface area contributed by atoms with E-state index in [9.17, 15) is 4.79 Å². The van der Waals surface area contributed by atoms with E-state index in [1.54, 1.807) is 17.4 Å². The molecule has 0 saturated carbocycles. The van der Waals surface area contributed by atoms with Crippen molar-refractivity contribution in [2.75, 3.05) is 0 Å². The Kier molecular flexibility index (Phi) is 4.39. The lowest BCUT2D eigenvalue weighted by atomic mass is 10.1. The Balaban J connectivity index is 2.01. The van der Waals surface area contributed by atoms with Gasteiger partial charge in [-0.2, -0.15) is 0 Å². The predicted molar refractivity (Wildman–Crippen MR) is 76.2 cm³/mol. The number of benzene rings is 1. The Morgan fingerprint density at radius 1 is 1.39 bits per heavy atom. The minimum absolute atomic E-state index is 0.0604. The molecular weight excluding hydrogens is 266 g/mol. The Hall–Kier alpha value is -1.32. The first-order valence-electron chi connectivity index (χ1n) is 5.67. The number of aryl methyl sites for hydroxylation is 1. The number of nitrogens with one attached hydrogen (secondary N) is 1. The molecule has 2 rings (SSSR count). The Labute approximate surface area is 116 Å². The molecule has 0 radical (unpaired) electrons. The molecule has 1 amide bonds. The van der Waals surface area contributed by atoms with Crippen LogP contribution in [0.2, 0.25) is 0 Å². The van der Waals surface area contributed by atoms with Crippen LogP contribution in [0.25, 0.3) is 0 Å². The first kappa shape index (κ1) is 13.1. The second kappa shape index (κ2) is 6.03. The molecule has 0 aliphatic rings. The fourth-order valence-corrected chi connectivity index (χ4v) is 2.66. The van der Waals surface area contributed by atoms with E-state index < -0.39 is 0 Å². The van der Waals surface area contributed by atoms with Gasteiger partial charge < -0.3 is 5.32 Å². The summed E-state index contributed by atoms with van der Waals surface area (Å²) in [5.41, 5.74) is 2.83. The van der Waals surface area contributed by atoms with Crippen molar-refractivity contribution in [3.63, 3.8) is 0 Å². The molecular formula is C14H14ClNOS. The van der Waals surface area contributed by atoms with Gasteiger partial charge in [-0.05, 0) is 41.6 Å². The summed E-state index contributed by atoms with van der Waals surface area (Å²) in [7, 11) is 0. The molecule has 0 atom stereocenters. The summed E-state index contributed by atoms with van der Waals surface area (Å²) in [6.07, 6.45) is 0. The third-order valence-electron chi connectivity index (χ3n) is 2.72. The Morgan fingerprint density at radius 3 is 2.89 bits per heavy atom. The van der Waals surface area contributed by atoms with Crippen molar-refractivity contribution in [3.05, 3.63) is 57.3 Å². The molecule has 18 heavy (non-hydrogen) atoms. The van der Waals surface area contributed by atoms with Crippen LogP contribution in [0.3, 0.4) is 0 Å².